The highest BCUT2D eigenvalue weighted by Gasteiger charge is 2.45. The van der Waals surface area contributed by atoms with Crippen LogP contribution in [-0.2, 0) is 11.1 Å². The molecule has 0 spiro atoms. The molecule has 2 aromatic rings. The fourth-order valence-corrected chi connectivity index (χ4v) is 3.95. The number of nitrogen functional groups attached to an aromatic ring is 1. The van der Waals surface area contributed by atoms with Crippen LogP contribution in [0.3, 0.4) is 0 Å². The molecule has 0 saturated heterocycles. The van der Waals surface area contributed by atoms with E-state index in [1.165, 1.54) is 18.2 Å². The molecular formula is C15H18N2O4P+. The van der Waals surface area contributed by atoms with Crippen molar-refractivity contribution >= 4 is 24.4 Å². The minimum absolute atomic E-state index is 0.167. The molecule has 0 aliphatic rings. The SMILES string of the molecule is CC[P+](O)(OCc1ccccc1)c1cc(N)ccc1[N+](=O)[O-]. The summed E-state index contributed by atoms with van der Waals surface area (Å²) in [6, 6.07) is 13.5. The lowest BCUT2D eigenvalue weighted by molar-refractivity contribution is -0.383. The van der Waals surface area contributed by atoms with Crippen molar-refractivity contribution in [3.05, 3.63) is 64.2 Å². The van der Waals surface area contributed by atoms with Gasteiger partial charge in [-0.1, -0.05) is 30.3 Å². The van der Waals surface area contributed by atoms with Crippen LogP contribution in [0.4, 0.5) is 11.4 Å². The Labute approximate surface area is 129 Å². The Balaban J connectivity index is 2.33. The molecule has 22 heavy (non-hydrogen) atoms. The van der Waals surface area contributed by atoms with Gasteiger partial charge in [0.05, 0.1) is 4.92 Å². The fourth-order valence-electron chi connectivity index (χ4n) is 2.06. The molecule has 1 unspecified atom stereocenters. The summed E-state index contributed by atoms with van der Waals surface area (Å²) in [5.41, 5.74) is 6.80. The van der Waals surface area contributed by atoms with Gasteiger partial charge >= 0.3 is 13.4 Å². The number of anilines is 1. The molecule has 0 radical (unpaired) electrons. The highest BCUT2D eigenvalue weighted by Crippen LogP contribution is 2.56. The highest BCUT2D eigenvalue weighted by atomic mass is 31.2. The first-order chi connectivity index (χ1) is 10.5. The van der Waals surface area contributed by atoms with Gasteiger partial charge in [0.2, 0.25) is 5.30 Å². The highest BCUT2D eigenvalue weighted by molar-refractivity contribution is 7.73. The van der Waals surface area contributed by atoms with E-state index in [9.17, 15) is 15.0 Å². The van der Waals surface area contributed by atoms with E-state index in [2.05, 4.69) is 0 Å². The van der Waals surface area contributed by atoms with E-state index >= 15 is 0 Å². The van der Waals surface area contributed by atoms with Crippen LogP contribution in [0, 0.1) is 10.1 Å². The van der Waals surface area contributed by atoms with Gasteiger partial charge in [-0.25, -0.2) is 4.89 Å². The number of rotatable bonds is 6. The van der Waals surface area contributed by atoms with Crippen LogP contribution in [0.5, 0.6) is 0 Å². The predicted molar refractivity (Wildman–Crippen MR) is 88.1 cm³/mol. The second kappa shape index (κ2) is 6.83. The van der Waals surface area contributed by atoms with E-state index in [4.69, 9.17) is 10.3 Å². The van der Waals surface area contributed by atoms with Crippen molar-refractivity contribution in [1.82, 2.24) is 0 Å². The number of nitrogens with zero attached hydrogens (tertiary/aromatic N) is 1. The van der Waals surface area contributed by atoms with Crippen molar-refractivity contribution in [1.29, 1.82) is 0 Å². The monoisotopic (exact) mass is 321 g/mol. The molecule has 2 rings (SSSR count). The van der Waals surface area contributed by atoms with Crippen LogP contribution in [0.15, 0.2) is 48.5 Å². The maximum atomic E-state index is 11.2. The Kier molecular flexibility index (Phi) is 5.08. The summed E-state index contributed by atoms with van der Waals surface area (Å²) in [6.45, 7) is 1.93. The third-order valence-electron chi connectivity index (χ3n) is 3.29. The largest absolute Gasteiger partial charge is 0.399 e. The summed E-state index contributed by atoms with van der Waals surface area (Å²) in [4.78, 5) is 21.5. The smallest absolute Gasteiger partial charge is 0.316 e. The molecule has 0 fully saturated rings. The standard InChI is InChI=1S/C15H18N2O4P/c1-2-22(20,21-11-12-6-4-3-5-7-12)15-10-13(16)8-9-14(15)17(18)19/h3-10,20H,2,11,16H2,1H3/q+1. The number of hydrogen-bond donors (Lipinski definition) is 2. The van der Waals surface area contributed by atoms with Gasteiger partial charge in [0.25, 0.3) is 0 Å². The summed E-state index contributed by atoms with van der Waals surface area (Å²) >= 11 is 0. The molecule has 0 aromatic heterocycles. The van der Waals surface area contributed by atoms with E-state index in [0.717, 1.165) is 5.56 Å². The van der Waals surface area contributed by atoms with Gasteiger partial charge in [-0.15, -0.1) is 0 Å². The van der Waals surface area contributed by atoms with E-state index in [0.29, 0.717) is 5.69 Å². The summed E-state index contributed by atoms with van der Waals surface area (Å²) in [6.07, 6.45) is 0.268. The molecule has 0 heterocycles. The number of nitrogens with two attached hydrogens (primary N) is 1. The molecule has 0 aliphatic heterocycles. The second-order valence-corrected chi connectivity index (χ2v) is 7.56. The van der Waals surface area contributed by atoms with Gasteiger partial charge in [-0.3, -0.25) is 10.1 Å². The van der Waals surface area contributed by atoms with Crippen molar-refractivity contribution in [3.8, 4) is 0 Å². The Hall–Kier alpha value is -2.01. The first-order valence-corrected chi connectivity index (χ1v) is 8.64. The molecule has 1 atom stereocenters. The summed E-state index contributed by atoms with van der Waals surface area (Å²) < 4.78 is 5.70. The van der Waals surface area contributed by atoms with Gasteiger partial charge in [0, 0.05) is 17.8 Å². The number of nitro benzene ring substituents is 1. The topological polar surface area (TPSA) is 98.6 Å². The molecule has 0 aliphatic carbocycles. The quantitative estimate of drug-likeness (QED) is 0.369. The van der Waals surface area contributed by atoms with Crippen molar-refractivity contribution < 1.29 is 14.3 Å². The van der Waals surface area contributed by atoms with Crippen LogP contribution >= 0.6 is 7.72 Å². The van der Waals surface area contributed by atoms with Gasteiger partial charge in [-0.2, -0.15) is 4.52 Å². The zero-order valence-electron chi connectivity index (χ0n) is 12.2. The Morgan fingerprint density at radius 2 is 1.95 bits per heavy atom. The minimum Gasteiger partial charge on any atom is -0.399 e. The molecule has 0 bridgehead atoms. The van der Waals surface area contributed by atoms with Crippen molar-refractivity contribution in [2.45, 2.75) is 13.5 Å². The molecule has 7 heteroatoms. The van der Waals surface area contributed by atoms with Crippen molar-refractivity contribution in [2.75, 3.05) is 11.9 Å². The maximum absolute atomic E-state index is 11.2. The number of benzene rings is 2. The minimum atomic E-state index is -3.11. The third-order valence-corrected chi connectivity index (χ3v) is 5.81. The van der Waals surface area contributed by atoms with E-state index in [1.807, 2.05) is 30.3 Å². The normalized spacial score (nSPS) is 13.5. The zero-order chi connectivity index (χ0) is 16.2. The molecule has 2 aromatic carbocycles. The average molecular weight is 321 g/mol. The van der Waals surface area contributed by atoms with E-state index < -0.39 is 12.6 Å². The Morgan fingerprint density at radius 3 is 2.55 bits per heavy atom. The predicted octanol–water partition coefficient (Wildman–Crippen LogP) is 2.88. The summed E-state index contributed by atoms with van der Waals surface area (Å²) in [5.74, 6) is 0. The first-order valence-electron chi connectivity index (χ1n) is 6.80. The van der Waals surface area contributed by atoms with Gasteiger partial charge in [0.15, 0.2) is 0 Å². The lowest BCUT2D eigenvalue weighted by Gasteiger charge is -2.17. The number of hydrogen-bond acceptors (Lipinski definition) is 5. The molecular weight excluding hydrogens is 303 g/mol. The molecule has 0 saturated carbocycles. The van der Waals surface area contributed by atoms with Crippen molar-refractivity contribution in [2.24, 2.45) is 0 Å². The summed E-state index contributed by atoms with van der Waals surface area (Å²) in [7, 11) is -3.11. The molecule has 6 nitrogen and oxygen atoms in total. The second-order valence-electron chi connectivity index (χ2n) is 4.78. The average Bonchev–Trinajstić information content (AvgIpc) is 2.53. The van der Waals surface area contributed by atoms with Crippen LogP contribution in [0.2, 0.25) is 0 Å². The van der Waals surface area contributed by atoms with Gasteiger partial charge in [-0.05, 0) is 18.6 Å². The lowest BCUT2D eigenvalue weighted by atomic mass is 10.2. The Morgan fingerprint density at radius 1 is 1.27 bits per heavy atom. The van der Waals surface area contributed by atoms with Crippen molar-refractivity contribution in [3.63, 3.8) is 0 Å². The van der Waals surface area contributed by atoms with E-state index in [-0.39, 0.29) is 23.8 Å². The third kappa shape index (κ3) is 3.60. The van der Waals surface area contributed by atoms with Crippen LogP contribution < -0.4 is 11.0 Å². The van der Waals surface area contributed by atoms with E-state index in [1.54, 1.807) is 6.92 Å². The fraction of sp³-hybridized carbons (Fsp3) is 0.200. The summed E-state index contributed by atoms with van der Waals surface area (Å²) in [5, 5.41) is 11.4. The van der Waals surface area contributed by atoms with Gasteiger partial charge < -0.3 is 5.73 Å². The molecule has 3 N–H and O–H groups in total. The van der Waals surface area contributed by atoms with Crippen LogP contribution in [0.1, 0.15) is 12.5 Å². The molecule has 0 amide bonds. The Bertz CT molecular complexity index is 666. The lowest BCUT2D eigenvalue weighted by Crippen LogP contribution is -2.19. The number of nitro groups is 1. The maximum Gasteiger partial charge on any atom is 0.316 e. The van der Waals surface area contributed by atoms with Crippen LogP contribution in [0.25, 0.3) is 0 Å². The first kappa shape index (κ1) is 16.4. The van der Waals surface area contributed by atoms with Crippen LogP contribution in [-0.4, -0.2) is 16.0 Å². The van der Waals surface area contributed by atoms with Gasteiger partial charge in [0.1, 0.15) is 12.8 Å². The zero-order valence-corrected chi connectivity index (χ0v) is 13.1. The molecule has 116 valence electrons.